The van der Waals surface area contributed by atoms with Crippen LogP contribution in [0.2, 0.25) is 0 Å². The Kier molecular flexibility index (Phi) is 4.04. The summed E-state index contributed by atoms with van der Waals surface area (Å²) in [6.45, 7) is 5.67. The molecule has 1 aliphatic carbocycles. The van der Waals surface area contributed by atoms with E-state index in [1.165, 1.54) is 0 Å². The van der Waals surface area contributed by atoms with Crippen molar-refractivity contribution in [3.8, 4) is 0 Å². The molecule has 1 aromatic rings. The Labute approximate surface area is 108 Å². The summed E-state index contributed by atoms with van der Waals surface area (Å²) >= 11 is 0. The van der Waals surface area contributed by atoms with Gasteiger partial charge in [0.25, 0.3) is 10.0 Å². The van der Waals surface area contributed by atoms with E-state index in [2.05, 4.69) is 15.5 Å². The minimum absolute atomic E-state index is 0.176. The highest BCUT2D eigenvalue weighted by atomic mass is 32.2. The van der Waals surface area contributed by atoms with Crippen LogP contribution in [0.15, 0.2) is 11.2 Å². The molecule has 2 rings (SSSR count). The Balaban J connectivity index is 2.25. The summed E-state index contributed by atoms with van der Waals surface area (Å²) in [5.74, 6) is 0. The van der Waals surface area contributed by atoms with E-state index in [4.69, 9.17) is 0 Å². The van der Waals surface area contributed by atoms with Crippen molar-refractivity contribution in [2.75, 3.05) is 13.1 Å². The molecule has 2 N–H and O–H groups in total. The molecule has 0 bridgehead atoms. The van der Waals surface area contributed by atoms with Gasteiger partial charge in [0.05, 0.1) is 6.20 Å². The highest BCUT2D eigenvalue weighted by Gasteiger charge is 2.38. The highest BCUT2D eigenvalue weighted by Crippen LogP contribution is 2.31. The van der Waals surface area contributed by atoms with Crippen LogP contribution in [0, 0.1) is 0 Å². The molecule has 1 saturated carbocycles. The number of rotatable bonds is 7. The molecule has 6 nitrogen and oxygen atoms in total. The van der Waals surface area contributed by atoms with Crippen LogP contribution < -0.4 is 5.32 Å². The molecule has 0 amide bonds. The maximum absolute atomic E-state index is 12.5. The largest absolute Gasteiger partial charge is 0.313 e. The molecule has 7 heteroatoms. The maximum atomic E-state index is 12.5. The van der Waals surface area contributed by atoms with Crippen LogP contribution >= 0.6 is 0 Å². The molecular formula is C11H20N4O2S. The fourth-order valence-corrected chi connectivity index (χ4v) is 3.81. The third-order valence-electron chi connectivity index (χ3n) is 3.08. The molecule has 102 valence electrons. The van der Waals surface area contributed by atoms with Gasteiger partial charge in [-0.2, -0.15) is 9.40 Å². The van der Waals surface area contributed by atoms with Gasteiger partial charge < -0.3 is 5.32 Å². The van der Waals surface area contributed by atoms with Crippen LogP contribution in [-0.4, -0.2) is 42.1 Å². The Bertz CT molecular complexity index is 493. The number of aromatic nitrogens is 2. The second kappa shape index (κ2) is 5.38. The van der Waals surface area contributed by atoms with Crippen LogP contribution in [0.5, 0.6) is 0 Å². The normalized spacial score (nSPS) is 16.4. The SMILES string of the molecule is CCNCc1cn[nH]c1S(=O)(=O)N(CC)C1CC1. The first-order chi connectivity index (χ1) is 8.61. The summed E-state index contributed by atoms with van der Waals surface area (Å²) < 4.78 is 26.6. The summed E-state index contributed by atoms with van der Waals surface area (Å²) in [4.78, 5) is 0. The lowest BCUT2D eigenvalue weighted by Crippen LogP contribution is -2.34. The molecule has 0 spiro atoms. The smallest absolute Gasteiger partial charge is 0.260 e. The van der Waals surface area contributed by atoms with Crippen LogP contribution in [-0.2, 0) is 16.6 Å². The molecular weight excluding hydrogens is 252 g/mol. The van der Waals surface area contributed by atoms with Gasteiger partial charge in [0.15, 0.2) is 5.03 Å². The van der Waals surface area contributed by atoms with Crippen LogP contribution in [0.25, 0.3) is 0 Å². The van der Waals surface area contributed by atoms with Gasteiger partial charge in [0.1, 0.15) is 0 Å². The van der Waals surface area contributed by atoms with Gasteiger partial charge in [0, 0.05) is 24.7 Å². The third-order valence-corrected chi connectivity index (χ3v) is 5.12. The quantitative estimate of drug-likeness (QED) is 0.765. The lowest BCUT2D eigenvalue weighted by molar-refractivity contribution is 0.418. The molecule has 1 heterocycles. The van der Waals surface area contributed by atoms with Gasteiger partial charge in [-0.25, -0.2) is 8.42 Å². The van der Waals surface area contributed by atoms with E-state index in [1.807, 2.05) is 13.8 Å². The van der Waals surface area contributed by atoms with Gasteiger partial charge >= 0.3 is 0 Å². The van der Waals surface area contributed by atoms with E-state index >= 15 is 0 Å². The van der Waals surface area contributed by atoms with Gasteiger partial charge in [-0.05, 0) is 19.4 Å². The fraction of sp³-hybridized carbons (Fsp3) is 0.727. The van der Waals surface area contributed by atoms with Crippen molar-refractivity contribution in [1.82, 2.24) is 19.8 Å². The topological polar surface area (TPSA) is 78.1 Å². The van der Waals surface area contributed by atoms with E-state index < -0.39 is 10.0 Å². The zero-order chi connectivity index (χ0) is 13.2. The first-order valence-corrected chi connectivity index (χ1v) is 7.80. The molecule has 0 radical (unpaired) electrons. The second-order valence-electron chi connectivity index (χ2n) is 4.44. The number of nitrogens with one attached hydrogen (secondary N) is 2. The zero-order valence-corrected chi connectivity index (χ0v) is 11.6. The van der Waals surface area contributed by atoms with E-state index in [0.717, 1.165) is 19.4 Å². The zero-order valence-electron chi connectivity index (χ0n) is 10.8. The van der Waals surface area contributed by atoms with Gasteiger partial charge in [-0.3, -0.25) is 5.10 Å². The van der Waals surface area contributed by atoms with Crippen molar-refractivity contribution in [3.63, 3.8) is 0 Å². The van der Waals surface area contributed by atoms with Crippen molar-refractivity contribution in [3.05, 3.63) is 11.8 Å². The van der Waals surface area contributed by atoms with Crippen LogP contribution in [0.4, 0.5) is 0 Å². The number of nitrogens with zero attached hydrogens (tertiary/aromatic N) is 2. The number of sulfonamides is 1. The van der Waals surface area contributed by atoms with Crippen molar-refractivity contribution >= 4 is 10.0 Å². The number of hydrogen-bond donors (Lipinski definition) is 2. The van der Waals surface area contributed by atoms with E-state index in [-0.39, 0.29) is 11.1 Å². The minimum Gasteiger partial charge on any atom is -0.313 e. The monoisotopic (exact) mass is 272 g/mol. The summed E-state index contributed by atoms with van der Waals surface area (Å²) in [5, 5.41) is 9.86. The standard InChI is InChI=1S/C11H20N4O2S/c1-3-12-7-9-8-13-14-11(9)18(16,17)15(4-2)10-5-6-10/h8,10,12H,3-7H2,1-2H3,(H,13,14). The fourth-order valence-electron chi connectivity index (χ4n) is 2.01. The van der Waals surface area contributed by atoms with Gasteiger partial charge in [0.2, 0.25) is 0 Å². The second-order valence-corrected chi connectivity index (χ2v) is 6.27. The molecule has 1 aromatic heterocycles. The van der Waals surface area contributed by atoms with Crippen molar-refractivity contribution < 1.29 is 8.42 Å². The molecule has 0 unspecified atom stereocenters. The summed E-state index contributed by atoms with van der Waals surface area (Å²) in [5.41, 5.74) is 0.705. The average Bonchev–Trinajstić information content (AvgIpc) is 3.04. The van der Waals surface area contributed by atoms with Gasteiger partial charge in [-0.1, -0.05) is 13.8 Å². The van der Waals surface area contributed by atoms with Crippen molar-refractivity contribution in [2.24, 2.45) is 0 Å². The van der Waals surface area contributed by atoms with Gasteiger partial charge in [-0.15, -0.1) is 0 Å². The lowest BCUT2D eigenvalue weighted by atomic mass is 10.3. The highest BCUT2D eigenvalue weighted by molar-refractivity contribution is 7.89. The van der Waals surface area contributed by atoms with E-state index in [1.54, 1.807) is 10.5 Å². The first kappa shape index (κ1) is 13.5. The Morgan fingerprint density at radius 1 is 1.50 bits per heavy atom. The molecule has 0 saturated heterocycles. The van der Waals surface area contributed by atoms with Crippen molar-refractivity contribution in [2.45, 2.75) is 44.3 Å². The third kappa shape index (κ3) is 2.57. The Hall–Kier alpha value is -0.920. The summed E-state index contributed by atoms with van der Waals surface area (Å²) in [7, 11) is -3.43. The summed E-state index contributed by atoms with van der Waals surface area (Å²) in [6, 6.07) is 0.176. The maximum Gasteiger partial charge on any atom is 0.260 e. The first-order valence-electron chi connectivity index (χ1n) is 6.36. The molecule has 1 fully saturated rings. The Morgan fingerprint density at radius 2 is 2.22 bits per heavy atom. The van der Waals surface area contributed by atoms with E-state index in [0.29, 0.717) is 18.7 Å². The molecule has 0 aliphatic heterocycles. The number of H-pyrrole nitrogens is 1. The molecule has 18 heavy (non-hydrogen) atoms. The number of aromatic amines is 1. The van der Waals surface area contributed by atoms with Crippen molar-refractivity contribution in [1.29, 1.82) is 0 Å². The minimum atomic E-state index is -3.43. The predicted octanol–water partition coefficient (Wildman–Crippen LogP) is 0.692. The lowest BCUT2D eigenvalue weighted by Gasteiger charge is -2.19. The average molecular weight is 272 g/mol. The summed E-state index contributed by atoms with van der Waals surface area (Å²) in [6.07, 6.45) is 3.50. The van der Waals surface area contributed by atoms with Crippen LogP contribution in [0.1, 0.15) is 32.3 Å². The number of hydrogen-bond acceptors (Lipinski definition) is 4. The van der Waals surface area contributed by atoms with E-state index in [9.17, 15) is 8.42 Å². The molecule has 1 aliphatic rings. The Morgan fingerprint density at radius 3 is 2.78 bits per heavy atom. The predicted molar refractivity (Wildman–Crippen MR) is 68.6 cm³/mol. The van der Waals surface area contributed by atoms with Crippen LogP contribution in [0.3, 0.4) is 0 Å². The molecule has 0 atom stereocenters. The molecule has 0 aromatic carbocycles.